The molecule has 0 bridgehead atoms. The Bertz CT molecular complexity index is 901. The van der Waals surface area contributed by atoms with Crippen molar-refractivity contribution in [3.05, 3.63) is 68.3 Å². The normalized spacial score (nSPS) is 16.5. The predicted molar refractivity (Wildman–Crippen MR) is 118 cm³/mol. The van der Waals surface area contributed by atoms with Crippen molar-refractivity contribution >= 4 is 34.5 Å². The van der Waals surface area contributed by atoms with Crippen LogP contribution in [0.5, 0.6) is 0 Å². The number of ether oxygens (including phenoxy) is 1. The molecule has 0 saturated heterocycles. The van der Waals surface area contributed by atoms with Crippen molar-refractivity contribution in [2.45, 2.75) is 58.7 Å². The number of carbonyl (C=O) groups is 2. The fraction of sp³-hybridized carbons (Fsp3) is 0.391. The molecule has 0 radical (unpaired) electrons. The lowest BCUT2D eigenvalue weighted by atomic mass is 9.92. The number of fused-ring (bicyclic) bond motifs is 1. The van der Waals surface area contributed by atoms with Crippen LogP contribution in [-0.2, 0) is 17.7 Å². The SMILES string of the molecule is CC[C@@H]1Cc2ccccc2CN1C(=O)c1cc(C(=O)OC(C)(C)C)ccc1I. The van der Waals surface area contributed by atoms with Gasteiger partial charge >= 0.3 is 5.97 Å². The Morgan fingerprint density at radius 2 is 1.82 bits per heavy atom. The molecule has 2 aromatic carbocycles. The number of esters is 1. The molecule has 0 aliphatic carbocycles. The first kappa shape index (κ1) is 20.8. The van der Waals surface area contributed by atoms with Gasteiger partial charge in [-0.3, -0.25) is 4.79 Å². The van der Waals surface area contributed by atoms with Crippen LogP contribution in [0.15, 0.2) is 42.5 Å². The van der Waals surface area contributed by atoms with E-state index in [1.54, 1.807) is 12.1 Å². The third kappa shape index (κ3) is 4.57. The van der Waals surface area contributed by atoms with Crippen LogP contribution in [0.1, 0.15) is 66.0 Å². The molecule has 5 heteroatoms. The number of nitrogens with zero attached hydrogens (tertiary/aromatic N) is 1. The van der Waals surface area contributed by atoms with Crippen molar-refractivity contribution in [3.63, 3.8) is 0 Å². The maximum absolute atomic E-state index is 13.4. The van der Waals surface area contributed by atoms with Gasteiger partial charge in [-0.15, -0.1) is 0 Å². The Balaban J connectivity index is 1.91. The van der Waals surface area contributed by atoms with Gasteiger partial charge in [0.1, 0.15) is 5.60 Å². The van der Waals surface area contributed by atoms with Gasteiger partial charge in [0.2, 0.25) is 0 Å². The largest absolute Gasteiger partial charge is 0.456 e. The highest BCUT2D eigenvalue weighted by molar-refractivity contribution is 14.1. The summed E-state index contributed by atoms with van der Waals surface area (Å²) < 4.78 is 6.30. The van der Waals surface area contributed by atoms with Gasteiger partial charge in [-0.1, -0.05) is 31.2 Å². The first-order valence-corrected chi connectivity index (χ1v) is 10.7. The molecule has 1 heterocycles. The highest BCUT2D eigenvalue weighted by Gasteiger charge is 2.30. The van der Waals surface area contributed by atoms with Crippen LogP contribution in [0.2, 0.25) is 0 Å². The Morgan fingerprint density at radius 1 is 1.14 bits per heavy atom. The van der Waals surface area contributed by atoms with Crippen LogP contribution in [0, 0.1) is 3.57 Å². The van der Waals surface area contributed by atoms with Gasteiger partial charge in [-0.25, -0.2) is 4.79 Å². The van der Waals surface area contributed by atoms with E-state index in [1.165, 1.54) is 11.1 Å². The molecule has 0 aromatic heterocycles. The summed E-state index contributed by atoms with van der Waals surface area (Å²) in [5, 5.41) is 0. The molecule has 1 aliphatic rings. The molecule has 3 rings (SSSR count). The smallest absolute Gasteiger partial charge is 0.338 e. The monoisotopic (exact) mass is 491 g/mol. The zero-order valence-corrected chi connectivity index (χ0v) is 18.9. The van der Waals surface area contributed by atoms with Crippen molar-refractivity contribution in [2.75, 3.05) is 0 Å². The Labute approximate surface area is 180 Å². The second-order valence-corrected chi connectivity index (χ2v) is 9.33. The van der Waals surface area contributed by atoms with E-state index in [2.05, 4.69) is 47.7 Å². The van der Waals surface area contributed by atoms with E-state index >= 15 is 0 Å². The van der Waals surface area contributed by atoms with Crippen molar-refractivity contribution in [2.24, 2.45) is 0 Å². The fourth-order valence-corrected chi connectivity index (χ4v) is 4.06. The molecular formula is C23H26INO3. The third-order valence-corrected chi connectivity index (χ3v) is 5.86. The molecule has 1 atom stereocenters. The van der Waals surface area contributed by atoms with Crippen molar-refractivity contribution < 1.29 is 14.3 Å². The summed E-state index contributed by atoms with van der Waals surface area (Å²) >= 11 is 2.16. The van der Waals surface area contributed by atoms with E-state index in [4.69, 9.17) is 4.74 Å². The van der Waals surface area contributed by atoms with E-state index in [1.807, 2.05) is 37.8 Å². The van der Waals surface area contributed by atoms with E-state index in [0.29, 0.717) is 17.7 Å². The zero-order valence-electron chi connectivity index (χ0n) is 16.8. The first-order valence-electron chi connectivity index (χ1n) is 9.60. The molecule has 0 N–H and O–H groups in total. The summed E-state index contributed by atoms with van der Waals surface area (Å²) in [7, 11) is 0. The van der Waals surface area contributed by atoms with Crippen LogP contribution < -0.4 is 0 Å². The molecular weight excluding hydrogens is 465 g/mol. The average molecular weight is 491 g/mol. The summed E-state index contributed by atoms with van der Waals surface area (Å²) in [6.07, 6.45) is 1.75. The predicted octanol–water partition coefficient (Wildman–Crippen LogP) is 5.22. The maximum atomic E-state index is 13.4. The van der Waals surface area contributed by atoms with Gasteiger partial charge in [0.05, 0.1) is 11.1 Å². The van der Waals surface area contributed by atoms with Gasteiger partial charge in [0, 0.05) is 16.2 Å². The van der Waals surface area contributed by atoms with Crippen molar-refractivity contribution in [1.29, 1.82) is 0 Å². The van der Waals surface area contributed by atoms with Crippen LogP contribution >= 0.6 is 22.6 Å². The summed E-state index contributed by atoms with van der Waals surface area (Å²) in [5.41, 5.74) is 2.90. The minimum absolute atomic E-state index is 0.0313. The van der Waals surface area contributed by atoms with Crippen LogP contribution in [0.25, 0.3) is 0 Å². The quantitative estimate of drug-likeness (QED) is 0.437. The maximum Gasteiger partial charge on any atom is 0.338 e. The highest BCUT2D eigenvalue weighted by Crippen LogP contribution is 2.28. The molecule has 148 valence electrons. The van der Waals surface area contributed by atoms with Gasteiger partial charge in [-0.2, -0.15) is 0 Å². The molecule has 2 aromatic rings. The lowest BCUT2D eigenvalue weighted by Gasteiger charge is -2.37. The number of halogens is 1. The molecule has 1 amide bonds. The summed E-state index contributed by atoms with van der Waals surface area (Å²) in [6.45, 7) is 8.21. The number of hydrogen-bond acceptors (Lipinski definition) is 3. The number of amides is 1. The number of benzene rings is 2. The summed E-state index contributed by atoms with van der Waals surface area (Å²) in [4.78, 5) is 27.8. The molecule has 0 spiro atoms. The molecule has 28 heavy (non-hydrogen) atoms. The van der Waals surface area contributed by atoms with Gasteiger partial charge < -0.3 is 9.64 Å². The van der Waals surface area contributed by atoms with E-state index in [9.17, 15) is 9.59 Å². The minimum Gasteiger partial charge on any atom is -0.456 e. The number of carbonyl (C=O) groups excluding carboxylic acids is 2. The average Bonchev–Trinajstić information content (AvgIpc) is 2.65. The van der Waals surface area contributed by atoms with Crippen molar-refractivity contribution in [1.82, 2.24) is 4.90 Å². The molecule has 0 unspecified atom stereocenters. The fourth-order valence-electron chi connectivity index (χ4n) is 3.50. The highest BCUT2D eigenvalue weighted by atomic mass is 127. The van der Waals surface area contributed by atoms with Gasteiger partial charge in [0.25, 0.3) is 5.91 Å². The van der Waals surface area contributed by atoms with Gasteiger partial charge in [-0.05, 0) is 85.5 Å². The second-order valence-electron chi connectivity index (χ2n) is 8.16. The molecule has 4 nitrogen and oxygen atoms in total. The lowest BCUT2D eigenvalue weighted by molar-refractivity contribution is 0.00695. The minimum atomic E-state index is -0.575. The van der Waals surface area contributed by atoms with Crippen LogP contribution in [-0.4, -0.2) is 28.4 Å². The standard InChI is InChI=1S/C23H26INO3/c1-5-18-12-15-8-6-7-9-17(15)14-25(18)21(26)19-13-16(10-11-20(19)24)22(27)28-23(2,3)4/h6-11,13,18H,5,12,14H2,1-4H3/t18-/m1/s1. The molecule has 0 saturated carbocycles. The van der Waals surface area contributed by atoms with Crippen LogP contribution in [0.4, 0.5) is 0 Å². The second kappa shape index (κ2) is 8.23. The Kier molecular flexibility index (Phi) is 6.12. The van der Waals surface area contributed by atoms with Crippen molar-refractivity contribution in [3.8, 4) is 0 Å². The Hall–Kier alpha value is -1.89. The van der Waals surface area contributed by atoms with E-state index in [0.717, 1.165) is 16.4 Å². The Morgan fingerprint density at radius 3 is 2.46 bits per heavy atom. The molecule has 0 fully saturated rings. The zero-order chi connectivity index (χ0) is 20.5. The third-order valence-electron chi connectivity index (χ3n) is 4.92. The first-order chi connectivity index (χ1) is 13.2. The number of rotatable bonds is 3. The van der Waals surface area contributed by atoms with E-state index < -0.39 is 11.6 Å². The van der Waals surface area contributed by atoms with Gasteiger partial charge in [0.15, 0.2) is 0 Å². The molecule has 1 aliphatic heterocycles. The summed E-state index contributed by atoms with van der Waals surface area (Å²) in [5.74, 6) is -0.440. The number of hydrogen-bond donors (Lipinski definition) is 0. The summed E-state index contributed by atoms with van der Waals surface area (Å²) in [6, 6.07) is 13.7. The van der Waals surface area contributed by atoms with Crippen LogP contribution in [0.3, 0.4) is 0 Å². The van der Waals surface area contributed by atoms with E-state index in [-0.39, 0.29) is 11.9 Å². The lowest BCUT2D eigenvalue weighted by Crippen LogP contribution is -2.44. The topological polar surface area (TPSA) is 46.6 Å².